The van der Waals surface area contributed by atoms with Gasteiger partial charge in [-0.1, -0.05) is 0 Å². The van der Waals surface area contributed by atoms with E-state index in [0.717, 1.165) is 41.9 Å². The molecule has 2 aliphatic heterocycles. The first-order valence-electron chi connectivity index (χ1n) is 11.7. The van der Waals surface area contributed by atoms with E-state index in [4.69, 9.17) is 14.7 Å². The summed E-state index contributed by atoms with van der Waals surface area (Å²) in [6, 6.07) is 3.81. The van der Waals surface area contributed by atoms with Crippen LogP contribution in [0.15, 0.2) is 18.2 Å². The Hall–Kier alpha value is -2.97. The molecular formula is C24H29F2N5O2. The normalized spacial score (nSPS) is 19.1. The van der Waals surface area contributed by atoms with Gasteiger partial charge in [-0.2, -0.15) is 0 Å². The summed E-state index contributed by atoms with van der Waals surface area (Å²) in [5.74, 6) is 0.491. The van der Waals surface area contributed by atoms with Crippen molar-refractivity contribution in [3.05, 3.63) is 41.2 Å². The molecule has 1 aromatic heterocycles. The van der Waals surface area contributed by atoms with Gasteiger partial charge >= 0.3 is 0 Å². The molecule has 33 heavy (non-hydrogen) atoms. The molecule has 3 aliphatic rings. The minimum Gasteiger partial charge on any atom is -0.487 e. The number of hydrogen-bond acceptors (Lipinski definition) is 6. The molecule has 0 radical (unpaired) electrons. The lowest BCUT2D eigenvalue weighted by Crippen LogP contribution is -2.41. The number of ether oxygens (including phenoxy) is 1. The van der Waals surface area contributed by atoms with Crippen molar-refractivity contribution in [2.45, 2.75) is 64.1 Å². The monoisotopic (exact) mass is 457 g/mol. The molecule has 0 unspecified atom stereocenters. The van der Waals surface area contributed by atoms with Crippen LogP contribution in [0, 0.1) is 11.6 Å². The molecule has 0 spiro atoms. The Morgan fingerprint density at radius 3 is 2.55 bits per heavy atom. The maximum absolute atomic E-state index is 14.0. The standard InChI is InChI=1S/C24H29F2N5O2/c1-15(32)31-12-9-20-21(14-31)28-23(27-17-3-2-4-17)24(29-20)30-10-7-18(8-11-30)33-22-6-5-16(25)13-19(22)26/h5-6,13,17-18H,2-4,7-12,14H2,1H3,(H,27,28). The van der Waals surface area contributed by atoms with Crippen molar-refractivity contribution in [2.24, 2.45) is 0 Å². The maximum atomic E-state index is 14.0. The summed E-state index contributed by atoms with van der Waals surface area (Å²) in [5.41, 5.74) is 1.82. The van der Waals surface area contributed by atoms with E-state index in [1.165, 1.54) is 18.6 Å². The van der Waals surface area contributed by atoms with Crippen molar-refractivity contribution >= 4 is 17.5 Å². The molecule has 1 saturated carbocycles. The molecule has 9 heteroatoms. The van der Waals surface area contributed by atoms with E-state index in [1.54, 1.807) is 11.8 Å². The quantitative estimate of drug-likeness (QED) is 0.739. The zero-order valence-corrected chi connectivity index (χ0v) is 18.8. The first-order chi connectivity index (χ1) is 16.0. The Labute approximate surface area is 192 Å². The van der Waals surface area contributed by atoms with Crippen LogP contribution in [0.3, 0.4) is 0 Å². The lowest BCUT2D eigenvalue weighted by molar-refractivity contribution is -0.129. The van der Waals surface area contributed by atoms with Crippen LogP contribution in [0.1, 0.15) is 50.4 Å². The predicted octanol–water partition coefficient (Wildman–Crippen LogP) is 3.67. The number of fused-ring (bicyclic) bond motifs is 1. The smallest absolute Gasteiger partial charge is 0.219 e. The molecule has 1 aliphatic carbocycles. The van der Waals surface area contributed by atoms with E-state index in [9.17, 15) is 13.6 Å². The molecule has 2 fully saturated rings. The van der Waals surface area contributed by atoms with E-state index >= 15 is 0 Å². The molecule has 0 atom stereocenters. The van der Waals surface area contributed by atoms with Crippen molar-refractivity contribution in [1.29, 1.82) is 0 Å². The van der Waals surface area contributed by atoms with E-state index in [-0.39, 0.29) is 17.8 Å². The van der Waals surface area contributed by atoms with Crippen LogP contribution in [-0.4, -0.2) is 52.6 Å². The summed E-state index contributed by atoms with van der Waals surface area (Å²) in [4.78, 5) is 25.8. The van der Waals surface area contributed by atoms with Gasteiger partial charge in [0, 0.05) is 57.9 Å². The highest BCUT2D eigenvalue weighted by Gasteiger charge is 2.29. The molecule has 1 amide bonds. The fourth-order valence-corrected chi connectivity index (χ4v) is 4.59. The minimum absolute atomic E-state index is 0.0553. The van der Waals surface area contributed by atoms with Crippen molar-refractivity contribution in [1.82, 2.24) is 14.9 Å². The van der Waals surface area contributed by atoms with Crippen LogP contribution in [0.2, 0.25) is 0 Å². The molecule has 1 N–H and O–H groups in total. The van der Waals surface area contributed by atoms with Gasteiger partial charge < -0.3 is 19.9 Å². The van der Waals surface area contributed by atoms with Gasteiger partial charge in [0.1, 0.15) is 11.9 Å². The number of amides is 1. The van der Waals surface area contributed by atoms with Gasteiger partial charge in [-0.05, 0) is 31.4 Å². The lowest BCUT2D eigenvalue weighted by Gasteiger charge is -2.36. The SMILES string of the molecule is CC(=O)N1CCc2nc(N3CCC(Oc4ccc(F)cc4F)CC3)c(NC3CCC3)nc2C1. The second-order valence-corrected chi connectivity index (χ2v) is 9.13. The van der Waals surface area contributed by atoms with Crippen LogP contribution < -0.4 is 15.0 Å². The maximum Gasteiger partial charge on any atom is 0.219 e. The van der Waals surface area contributed by atoms with Gasteiger partial charge in [0.15, 0.2) is 23.2 Å². The number of hydrogen-bond donors (Lipinski definition) is 1. The second-order valence-electron chi connectivity index (χ2n) is 9.13. The summed E-state index contributed by atoms with van der Waals surface area (Å²) in [7, 11) is 0. The van der Waals surface area contributed by atoms with Crippen LogP contribution in [0.4, 0.5) is 20.4 Å². The van der Waals surface area contributed by atoms with E-state index in [2.05, 4.69) is 10.2 Å². The Balaban J connectivity index is 1.31. The molecule has 0 bridgehead atoms. The number of anilines is 2. The number of aromatic nitrogens is 2. The molecule has 1 aromatic carbocycles. The third kappa shape index (κ3) is 4.72. The number of nitrogens with one attached hydrogen (secondary N) is 1. The number of carbonyl (C=O) groups is 1. The Morgan fingerprint density at radius 2 is 1.88 bits per heavy atom. The van der Waals surface area contributed by atoms with Crippen molar-refractivity contribution < 1.29 is 18.3 Å². The average Bonchev–Trinajstić information content (AvgIpc) is 2.77. The van der Waals surface area contributed by atoms with Gasteiger partial charge in [0.05, 0.1) is 17.9 Å². The van der Waals surface area contributed by atoms with Crippen LogP contribution >= 0.6 is 0 Å². The highest BCUT2D eigenvalue weighted by atomic mass is 19.1. The first-order valence-corrected chi connectivity index (χ1v) is 11.7. The second kappa shape index (κ2) is 9.11. The molecule has 7 nitrogen and oxygen atoms in total. The van der Waals surface area contributed by atoms with Crippen LogP contribution in [0.5, 0.6) is 5.75 Å². The molecule has 1 saturated heterocycles. The fraction of sp³-hybridized carbons (Fsp3) is 0.542. The molecule has 2 aromatic rings. The molecule has 176 valence electrons. The van der Waals surface area contributed by atoms with Crippen LogP contribution in [0.25, 0.3) is 0 Å². The number of carbonyl (C=O) groups excluding carboxylic acids is 1. The Bertz CT molecular complexity index is 1040. The number of halogens is 2. The van der Waals surface area contributed by atoms with E-state index < -0.39 is 11.6 Å². The van der Waals surface area contributed by atoms with Crippen molar-refractivity contribution in [2.75, 3.05) is 29.9 Å². The third-order valence-electron chi connectivity index (χ3n) is 6.81. The van der Waals surface area contributed by atoms with Crippen LogP contribution in [-0.2, 0) is 17.8 Å². The van der Waals surface area contributed by atoms with Gasteiger partial charge in [-0.25, -0.2) is 18.7 Å². The zero-order chi connectivity index (χ0) is 22.9. The number of rotatable bonds is 5. The largest absolute Gasteiger partial charge is 0.487 e. The number of nitrogens with zero attached hydrogens (tertiary/aromatic N) is 4. The highest BCUT2D eigenvalue weighted by Crippen LogP contribution is 2.32. The molecule has 3 heterocycles. The molecule has 5 rings (SSSR count). The number of piperidine rings is 1. The molecular weight excluding hydrogens is 428 g/mol. The summed E-state index contributed by atoms with van der Waals surface area (Å²) in [6.07, 6.45) is 5.42. The Morgan fingerprint density at radius 1 is 1.09 bits per heavy atom. The predicted molar refractivity (Wildman–Crippen MR) is 120 cm³/mol. The van der Waals surface area contributed by atoms with Gasteiger partial charge in [0.25, 0.3) is 0 Å². The summed E-state index contributed by atoms with van der Waals surface area (Å²) in [6.45, 7) is 4.16. The minimum atomic E-state index is -0.676. The van der Waals surface area contributed by atoms with E-state index in [0.29, 0.717) is 51.5 Å². The number of benzene rings is 1. The summed E-state index contributed by atoms with van der Waals surface area (Å²) < 4.78 is 32.9. The summed E-state index contributed by atoms with van der Waals surface area (Å²) in [5, 5.41) is 3.57. The average molecular weight is 458 g/mol. The third-order valence-corrected chi connectivity index (χ3v) is 6.81. The van der Waals surface area contributed by atoms with Gasteiger partial charge in [-0.3, -0.25) is 4.79 Å². The van der Waals surface area contributed by atoms with Gasteiger partial charge in [0.2, 0.25) is 5.91 Å². The summed E-state index contributed by atoms with van der Waals surface area (Å²) >= 11 is 0. The van der Waals surface area contributed by atoms with Crippen molar-refractivity contribution in [3.63, 3.8) is 0 Å². The zero-order valence-electron chi connectivity index (χ0n) is 18.8. The highest BCUT2D eigenvalue weighted by molar-refractivity contribution is 5.73. The van der Waals surface area contributed by atoms with Gasteiger partial charge in [-0.15, -0.1) is 0 Å². The topological polar surface area (TPSA) is 70.6 Å². The Kier molecular flexibility index (Phi) is 6.03. The first kappa shape index (κ1) is 21.9. The lowest BCUT2D eigenvalue weighted by atomic mass is 9.93. The van der Waals surface area contributed by atoms with E-state index in [1.807, 2.05) is 0 Å². The van der Waals surface area contributed by atoms with Crippen molar-refractivity contribution in [3.8, 4) is 5.75 Å². The fourth-order valence-electron chi connectivity index (χ4n) is 4.59.